The first-order chi connectivity index (χ1) is 18.1. The predicted octanol–water partition coefficient (Wildman–Crippen LogP) is 3.65. The largest absolute Gasteiger partial charge is 0.336 e. The van der Waals surface area contributed by atoms with Gasteiger partial charge in [-0.3, -0.25) is 0 Å². The molecule has 2 aromatic carbocycles. The number of hydrogen-bond donors (Lipinski definition) is 1. The Morgan fingerprint density at radius 2 is 1.86 bits per heavy atom. The average Bonchev–Trinajstić information content (AvgIpc) is 3.66. The molecule has 0 saturated carbocycles. The Hall–Kier alpha value is -3.79. The molecule has 0 radical (unpaired) electrons. The number of hydrogen-bond acceptors (Lipinski definition) is 5. The molecule has 2 fully saturated rings. The van der Waals surface area contributed by atoms with Crippen molar-refractivity contribution in [1.82, 2.24) is 39.9 Å². The van der Waals surface area contributed by atoms with Gasteiger partial charge in [-0.2, -0.15) is 4.80 Å². The standard InChI is InChI=1S/C27H31FN8O/c1-2-36-31-26(30-32-36)20-3-8-25-23(17-20)24(18-35(25)22-6-4-21(28)5-7-22)19-9-12-33(13-10-19)15-16-34-14-11-29-27(34)37/h3-8,17-19H,2,9-16H2,1H3,(H,29,37). The zero-order valence-corrected chi connectivity index (χ0v) is 21.0. The molecule has 37 heavy (non-hydrogen) atoms. The number of fused-ring (bicyclic) bond motifs is 1. The lowest BCUT2D eigenvalue weighted by molar-refractivity contribution is 0.181. The maximum Gasteiger partial charge on any atom is 0.317 e. The number of carbonyl (C=O) groups excluding carboxylic acids is 1. The van der Waals surface area contributed by atoms with Crippen molar-refractivity contribution < 1.29 is 9.18 Å². The van der Waals surface area contributed by atoms with Gasteiger partial charge < -0.3 is 19.7 Å². The smallest absolute Gasteiger partial charge is 0.317 e. The summed E-state index contributed by atoms with van der Waals surface area (Å²) < 4.78 is 15.8. The van der Waals surface area contributed by atoms with Crippen LogP contribution in [0.4, 0.5) is 9.18 Å². The molecule has 2 saturated heterocycles. The highest BCUT2D eigenvalue weighted by Gasteiger charge is 2.26. The minimum absolute atomic E-state index is 0.0488. The van der Waals surface area contributed by atoms with Crippen molar-refractivity contribution >= 4 is 16.9 Å². The number of rotatable bonds is 7. The van der Waals surface area contributed by atoms with E-state index in [0.29, 0.717) is 18.3 Å². The number of aromatic nitrogens is 5. The summed E-state index contributed by atoms with van der Waals surface area (Å²) in [6.07, 6.45) is 4.30. The summed E-state index contributed by atoms with van der Waals surface area (Å²) in [7, 11) is 0. The van der Waals surface area contributed by atoms with Crippen molar-refractivity contribution in [2.24, 2.45) is 0 Å². The first kappa shape index (κ1) is 23.6. The van der Waals surface area contributed by atoms with Gasteiger partial charge >= 0.3 is 6.03 Å². The molecule has 4 aromatic rings. The van der Waals surface area contributed by atoms with Gasteiger partial charge in [0.05, 0.1) is 12.1 Å². The van der Waals surface area contributed by atoms with E-state index >= 15 is 0 Å². The van der Waals surface area contributed by atoms with Gasteiger partial charge in [0.25, 0.3) is 0 Å². The lowest BCUT2D eigenvalue weighted by Gasteiger charge is -2.32. The summed E-state index contributed by atoms with van der Waals surface area (Å²) in [5, 5.41) is 16.9. The van der Waals surface area contributed by atoms with E-state index < -0.39 is 0 Å². The zero-order chi connectivity index (χ0) is 25.4. The van der Waals surface area contributed by atoms with Gasteiger partial charge in [0.2, 0.25) is 5.82 Å². The quantitative estimate of drug-likeness (QED) is 0.417. The van der Waals surface area contributed by atoms with Gasteiger partial charge in [-0.25, -0.2) is 9.18 Å². The van der Waals surface area contributed by atoms with Gasteiger partial charge in [-0.1, -0.05) is 0 Å². The normalized spacial score (nSPS) is 17.1. The highest BCUT2D eigenvalue weighted by molar-refractivity contribution is 5.89. The van der Waals surface area contributed by atoms with Crippen LogP contribution < -0.4 is 5.32 Å². The van der Waals surface area contributed by atoms with Gasteiger partial charge in [-0.15, -0.1) is 10.2 Å². The molecule has 2 amide bonds. The van der Waals surface area contributed by atoms with E-state index in [4.69, 9.17) is 0 Å². The Bertz CT molecular complexity index is 1400. The molecule has 0 spiro atoms. The molecule has 2 aromatic heterocycles. The third kappa shape index (κ3) is 4.69. The minimum atomic E-state index is -0.244. The topological polar surface area (TPSA) is 84.1 Å². The van der Waals surface area contributed by atoms with Crippen molar-refractivity contribution in [2.75, 3.05) is 39.3 Å². The van der Waals surface area contributed by atoms with Gasteiger partial charge in [0.15, 0.2) is 0 Å². The Morgan fingerprint density at radius 3 is 2.57 bits per heavy atom. The molecule has 0 unspecified atom stereocenters. The molecule has 4 heterocycles. The summed E-state index contributed by atoms with van der Waals surface area (Å²) in [6, 6.07) is 13.0. The van der Waals surface area contributed by atoms with E-state index in [9.17, 15) is 9.18 Å². The second kappa shape index (κ2) is 9.93. The molecule has 2 aliphatic heterocycles. The number of benzene rings is 2. The molecule has 0 bridgehead atoms. The van der Waals surface area contributed by atoms with Crippen LogP contribution in [0.1, 0.15) is 31.2 Å². The molecular weight excluding hydrogens is 471 g/mol. The van der Waals surface area contributed by atoms with Crippen LogP contribution >= 0.6 is 0 Å². The molecule has 1 N–H and O–H groups in total. The van der Waals surface area contributed by atoms with E-state index in [1.165, 1.54) is 23.1 Å². The number of nitrogens with zero attached hydrogens (tertiary/aromatic N) is 7. The number of halogens is 1. The summed E-state index contributed by atoms with van der Waals surface area (Å²) in [4.78, 5) is 17.8. The number of tetrazole rings is 1. The molecule has 192 valence electrons. The van der Waals surface area contributed by atoms with Crippen LogP contribution in [0.15, 0.2) is 48.7 Å². The van der Waals surface area contributed by atoms with Crippen molar-refractivity contribution in [3.8, 4) is 17.1 Å². The number of piperidine rings is 1. The van der Waals surface area contributed by atoms with E-state index in [2.05, 4.69) is 48.5 Å². The Balaban J connectivity index is 1.28. The summed E-state index contributed by atoms with van der Waals surface area (Å²) in [5.74, 6) is 0.779. The third-order valence-electron chi connectivity index (χ3n) is 7.59. The molecule has 6 rings (SSSR count). The second-order valence-electron chi connectivity index (χ2n) is 9.80. The summed E-state index contributed by atoms with van der Waals surface area (Å²) in [5.41, 5.74) is 4.24. The van der Waals surface area contributed by atoms with Crippen LogP contribution in [0, 0.1) is 5.82 Å². The van der Waals surface area contributed by atoms with Crippen LogP contribution in [0.2, 0.25) is 0 Å². The first-order valence-corrected chi connectivity index (χ1v) is 13.0. The molecule has 2 aliphatic rings. The van der Waals surface area contributed by atoms with Gasteiger partial charge in [-0.05, 0) is 92.0 Å². The number of likely N-dealkylation sites (tertiary alicyclic amines) is 1. The minimum Gasteiger partial charge on any atom is -0.336 e. The number of nitrogens with one attached hydrogen (secondary N) is 1. The fourth-order valence-corrected chi connectivity index (χ4v) is 5.48. The van der Waals surface area contributed by atoms with Crippen LogP contribution in [0.25, 0.3) is 28.0 Å². The highest BCUT2D eigenvalue weighted by Crippen LogP contribution is 2.37. The SMILES string of the molecule is CCn1nnc(-c2ccc3c(c2)c(C2CCN(CCN4CCNC4=O)CC2)cn3-c2ccc(F)cc2)n1. The first-order valence-electron chi connectivity index (χ1n) is 13.0. The molecule has 0 atom stereocenters. The van der Waals surface area contributed by atoms with Crippen LogP contribution in [0.3, 0.4) is 0 Å². The Morgan fingerprint density at radius 1 is 1.05 bits per heavy atom. The average molecular weight is 503 g/mol. The van der Waals surface area contributed by atoms with E-state index in [-0.39, 0.29) is 11.8 Å². The Labute approximate surface area is 214 Å². The van der Waals surface area contributed by atoms with E-state index in [1.54, 1.807) is 4.80 Å². The fraction of sp³-hybridized carbons (Fsp3) is 0.407. The fourth-order valence-electron chi connectivity index (χ4n) is 5.48. The molecule has 0 aliphatic carbocycles. The number of urea groups is 1. The van der Waals surface area contributed by atoms with Crippen LogP contribution in [0.5, 0.6) is 0 Å². The summed E-state index contributed by atoms with van der Waals surface area (Å²) in [6.45, 7) is 7.86. The van der Waals surface area contributed by atoms with Gasteiger partial charge in [0, 0.05) is 49.0 Å². The monoisotopic (exact) mass is 502 g/mol. The van der Waals surface area contributed by atoms with Crippen LogP contribution in [-0.2, 0) is 6.54 Å². The van der Waals surface area contributed by atoms with E-state index in [1.807, 2.05) is 30.0 Å². The lowest BCUT2D eigenvalue weighted by Crippen LogP contribution is -2.40. The van der Waals surface area contributed by atoms with Crippen molar-refractivity contribution in [3.05, 3.63) is 60.0 Å². The third-order valence-corrected chi connectivity index (χ3v) is 7.59. The molecule has 10 heteroatoms. The van der Waals surface area contributed by atoms with E-state index in [0.717, 1.165) is 68.9 Å². The van der Waals surface area contributed by atoms with Crippen LogP contribution in [-0.4, -0.2) is 79.9 Å². The number of aryl methyl sites for hydroxylation is 1. The lowest BCUT2D eigenvalue weighted by atomic mass is 9.89. The predicted molar refractivity (Wildman–Crippen MR) is 139 cm³/mol. The number of carbonyl (C=O) groups is 1. The van der Waals surface area contributed by atoms with Crippen molar-refractivity contribution in [2.45, 2.75) is 32.2 Å². The van der Waals surface area contributed by atoms with Gasteiger partial charge in [0.1, 0.15) is 5.82 Å². The van der Waals surface area contributed by atoms with Crippen molar-refractivity contribution in [3.63, 3.8) is 0 Å². The second-order valence-corrected chi connectivity index (χ2v) is 9.80. The highest BCUT2D eigenvalue weighted by atomic mass is 19.1. The molecular formula is C27H31FN8O. The van der Waals surface area contributed by atoms with Crippen molar-refractivity contribution in [1.29, 1.82) is 0 Å². The zero-order valence-electron chi connectivity index (χ0n) is 21.0. The number of amides is 2. The summed E-state index contributed by atoms with van der Waals surface area (Å²) >= 11 is 0. The molecule has 9 nitrogen and oxygen atoms in total. The Kier molecular flexibility index (Phi) is 6.33. The maximum absolute atomic E-state index is 13.6. The maximum atomic E-state index is 13.6.